The maximum absolute atomic E-state index is 13.1. The molecule has 105 valence electrons. The van der Waals surface area contributed by atoms with Crippen molar-refractivity contribution in [2.45, 2.75) is 26.4 Å². The zero-order valence-electron chi connectivity index (χ0n) is 11.1. The van der Waals surface area contributed by atoms with Gasteiger partial charge in [0.25, 0.3) is 0 Å². The van der Waals surface area contributed by atoms with E-state index >= 15 is 0 Å². The smallest absolute Gasteiger partial charge is 0.166 e. The molecule has 4 heteroatoms. The van der Waals surface area contributed by atoms with E-state index in [0.717, 1.165) is 18.1 Å². The summed E-state index contributed by atoms with van der Waals surface area (Å²) in [6, 6.07) is 10.2. The second-order valence-corrected chi connectivity index (χ2v) is 5.02. The molecule has 2 rings (SSSR count). The van der Waals surface area contributed by atoms with Crippen LogP contribution in [0.5, 0.6) is 0 Å². The molecule has 0 saturated heterocycles. The van der Waals surface area contributed by atoms with E-state index in [4.69, 9.17) is 11.6 Å². The fourth-order valence-electron chi connectivity index (χ4n) is 2.06. The molecule has 0 nitrogen and oxygen atoms in total. The highest BCUT2D eigenvalue weighted by Crippen LogP contribution is 2.40. The third kappa shape index (κ3) is 2.98. The van der Waals surface area contributed by atoms with Gasteiger partial charge in [-0.05, 0) is 54.3 Å². The van der Waals surface area contributed by atoms with Crippen LogP contribution in [0.4, 0.5) is 13.2 Å². The number of alkyl halides is 3. The normalized spacial score (nSPS) is 11.7. The summed E-state index contributed by atoms with van der Waals surface area (Å²) in [7, 11) is 0. The summed E-state index contributed by atoms with van der Waals surface area (Å²) in [4.78, 5) is 0. The largest absolute Gasteiger partial charge is 0.417 e. The first-order valence-corrected chi connectivity index (χ1v) is 6.59. The molecule has 0 amide bonds. The van der Waals surface area contributed by atoms with Crippen LogP contribution in [0.1, 0.15) is 23.6 Å². The Morgan fingerprint density at radius 3 is 2.45 bits per heavy atom. The molecule has 0 spiro atoms. The molecule has 0 bridgehead atoms. The van der Waals surface area contributed by atoms with E-state index in [0.29, 0.717) is 16.1 Å². The summed E-state index contributed by atoms with van der Waals surface area (Å²) in [6.07, 6.45) is -3.69. The van der Waals surface area contributed by atoms with Gasteiger partial charge in [-0.3, -0.25) is 0 Å². The number of benzene rings is 2. The second kappa shape index (κ2) is 5.49. The highest BCUT2D eigenvalue weighted by Gasteiger charge is 2.34. The van der Waals surface area contributed by atoms with Gasteiger partial charge in [-0.25, -0.2) is 0 Å². The van der Waals surface area contributed by atoms with Gasteiger partial charge in [0.05, 0.1) is 5.56 Å². The molecule has 0 unspecified atom stereocenters. The molecule has 0 saturated carbocycles. The molecule has 1 radical (unpaired) electrons. The van der Waals surface area contributed by atoms with Crippen LogP contribution in [0.2, 0.25) is 5.02 Å². The molecule has 20 heavy (non-hydrogen) atoms. The first-order chi connectivity index (χ1) is 9.32. The van der Waals surface area contributed by atoms with Crippen LogP contribution in [0.15, 0.2) is 30.3 Å². The highest BCUT2D eigenvalue weighted by atomic mass is 35.5. The summed E-state index contributed by atoms with van der Waals surface area (Å²) in [6.45, 7) is 3.66. The van der Waals surface area contributed by atoms with E-state index in [1.807, 2.05) is 13.0 Å². The lowest BCUT2D eigenvalue weighted by atomic mass is 9.95. The van der Waals surface area contributed by atoms with Gasteiger partial charge in [-0.1, -0.05) is 30.7 Å². The lowest BCUT2D eigenvalue weighted by Gasteiger charge is -2.15. The van der Waals surface area contributed by atoms with Crippen LogP contribution in [0.25, 0.3) is 11.1 Å². The molecule has 0 aliphatic carbocycles. The first kappa shape index (κ1) is 14.9. The summed E-state index contributed by atoms with van der Waals surface area (Å²) in [5.74, 6) is 0. The SMILES string of the molecule is CCc1ccc(Cl)c(-c2cc(C)[c]cc2C(F)(F)F)c1. The van der Waals surface area contributed by atoms with Gasteiger partial charge in [-0.2, -0.15) is 13.2 Å². The van der Waals surface area contributed by atoms with Crippen LogP contribution in [0.3, 0.4) is 0 Å². The van der Waals surface area contributed by atoms with Gasteiger partial charge in [0.2, 0.25) is 0 Å². The van der Waals surface area contributed by atoms with Gasteiger partial charge in [0.15, 0.2) is 0 Å². The minimum atomic E-state index is -4.43. The zero-order chi connectivity index (χ0) is 14.9. The lowest BCUT2D eigenvalue weighted by Crippen LogP contribution is -2.07. The van der Waals surface area contributed by atoms with Crippen molar-refractivity contribution in [3.05, 3.63) is 58.1 Å². The zero-order valence-corrected chi connectivity index (χ0v) is 11.9. The van der Waals surface area contributed by atoms with E-state index in [9.17, 15) is 13.2 Å². The molecule has 0 atom stereocenters. The molecule has 0 N–H and O–H groups in total. The van der Waals surface area contributed by atoms with E-state index in [1.54, 1.807) is 19.1 Å². The number of aryl methyl sites for hydroxylation is 2. The van der Waals surface area contributed by atoms with E-state index in [1.165, 1.54) is 6.07 Å². The topological polar surface area (TPSA) is 0 Å². The molecule has 0 aliphatic heterocycles. The molecule has 0 aromatic heterocycles. The molecule has 2 aromatic carbocycles. The van der Waals surface area contributed by atoms with Crippen LogP contribution >= 0.6 is 11.6 Å². The van der Waals surface area contributed by atoms with Crippen molar-refractivity contribution in [2.24, 2.45) is 0 Å². The maximum atomic E-state index is 13.1. The Morgan fingerprint density at radius 1 is 1.15 bits per heavy atom. The van der Waals surface area contributed by atoms with Crippen LogP contribution < -0.4 is 0 Å². The van der Waals surface area contributed by atoms with Crippen molar-refractivity contribution in [1.82, 2.24) is 0 Å². The van der Waals surface area contributed by atoms with E-state index in [2.05, 4.69) is 6.07 Å². The predicted molar refractivity (Wildman–Crippen MR) is 74.8 cm³/mol. The highest BCUT2D eigenvalue weighted by molar-refractivity contribution is 6.33. The van der Waals surface area contributed by atoms with Crippen LogP contribution in [-0.4, -0.2) is 0 Å². The Labute approximate surface area is 121 Å². The van der Waals surface area contributed by atoms with Gasteiger partial charge in [0, 0.05) is 10.6 Å². The lowest BCUT2D eigenvalue weighted by molar-refractivity contribution is -0.137. The molecule has 0 fully saturated rings. The van der Waals surface area contributed by atoms with Gasteiger partial charge in [-0.15, -0.1) is 0 Å². The molecular weight excluding hydrogens is 285 g/mol. The number of rotatable bonds is 2. The fourth-order valence-corrected chi connectivity index (χ4v) is 2.28. The van der Waals surface area contributed by atoms with Gasteiger partial charge in [0.1, 0.15) is 0 Å². The Morgan fingerprint density at radius 2 is 1.85 bits per heavy atom. The average molecular weight is 298 g/mol. The van der Waals surface area contributed by atoms with Crippen molar-refractivity contribution in [2.75, 3.05) is 0 Å². The number of halogens is 4. The number of hydrogen-bond acceptors (Lipinski definition) is 0. The van der Waals surface area contributed by atoms with Crippen molar-refractivity contribution in [3.63, 3.8) is 0 Å². The Kier molecular flexibility index (Phi) is 4.09. The monoisotopic (exact) mass is 297 g/mol. The minimum absolute atomic E-state index is 0.106. The Balaban J connectivity index is 2.71. The quantitative estimate of drug-likeness (QED) is 0.667. The summed E-state index contributed by atoms with van der Waals surface area (Å²) >= 11 is 6.08. The second-order valence-electron chi connectivity index (χ2n) is 4.61. The third-order valence-corrected chi connectivity index (χ3v) is 3.46. The minimum Gasteiger partial charge on any atom is -0.166 e. The van der Waals surface area contributed by atoms with Crippen LogP contribution in [-0.2, 0) is 12.6 Å². The summed E-state index contributed by atoms with van der Waals surface area (Å²) in [5.41, 5.74) is 1.40. The van der Waals surface area contributed by atoms with E-state index in [-0.39, 0.29) is 5.56 Å². The third-order valence-electron chi connectivity index (χ3n) is 3.13. The predicted octanol–water partition coefficient (Wildman–Crippen LogP) is 5.70. The molecule has 0 aliphatic rings. The molecular formula is C16H13ClF3. The average Bonchev–Trinajstić information content (AvgIpc) is 2.37. The molecule has 2 aromatic rings. The van der Waals surface area contributed by atoms with Crippen LogP contribution in [0, 0.1) is 13.0 Å². The van der Waals surface area contributed by atoms with Gasteiger partial charge >= 0.3 is 6.18 Å². The first-order valence-electron chi connectivity index (χ1n) is 6.21. The van der Waals surface area contributed by atoms with Crippen molar-refractivity contribution < 1.29 is 13.2 Å². The molecule has 0 heterocycles. The summed E-state index contributed by atoms with van der Waals surface area (Å²) < 4.78 is 39.4. The van der Waals surface area contributed by atoms with Crippen molar-refractivity contribution in [1.29, 1.82) is 0 Å². The van der Waals surface area contributed by atoms with E-state index < -0.39 is 11.7 Å². The van der Waals surface area contributed by atoms with Gasteiger partial charge < -0.3 is 0 Å². The fraction of sp³-hybridized carbons (Fsp3) is 0.250. The Hall–Kier alpha value is -1.48. The number of hydrogen-bond donors (Lipinski definition) is 0. The Bertz CT molecular complexity index is 630. The van der Waals surface area contributed by atoms with Crippen molar-refractivity contribution in [3.8, 4) is 11.1 Å². The maximum Gasteiger partial charge on any atom is 0.417 e. The standard InChI is InChI=1S/C16H13ClF3/c1-3-11-5-7-15(17)13(9-11)12-8-10(2)4-6-14(12)16(18,19)20/h5-9H,3H2,1-2H3. The summed E-state index contributed by atoms with van der Waals surface area (Å²) in [5, 5.41) is 0.318. The van der Waals surface area contributed by atoms with Crippen molar-refractivity contribution >= 4 is 11.6 Å².